The van der Waals surface area contributed by atoms with Crippen LogP contribution in [-0.2, 0) is 4.79 Å². The molecule has 1 heterocycles. The molecule has 92 valence electrons. The zero-order valence-electron chi connectivity index (χ0n) is 9.62. The highest BCUT2D eigenvalue weighted by molar-refractivity contribution is 5.94. The second-order valence-corrected chi connectivity index (χ2v) is 3.69. The van der Waals surface area contributed by atoms with Crippen molar-refractivity contribution in [3.8, 4) is 5.69 Å². The summed E-state index contributed by atoms with van der Waals surface area (Å²) in [6, 6.07) is 4.48. The van der Waals surface area contributed by atoms with E-state index in [4.69, 9.17) is 5.11 Å². The normalized spacial score (nSPS) is 10.1. The van der Waals surface area contributed by atoms with Gasteiger partial charge in [0.15, 0.2) is 0 Å². The molecule has 2 rings (SSSR count). The largest absolute Gasteiger partial charge is 0.478 e. The van der Waals surface area contributed by atoms with Gasteiger partial charge in [0.2, 0.25) is 5.91 Å². The molecule has 0 aliphatic heterocycles. The molecule has 1 aromatic heterocycles. The Bertz CT molecular complexity index is 591. The molecule has 6 heteroatoms. The molecule has 1 amide bonds. The van der Waals surface area contributed by atoms with E-state index in [1.807, 2.05) is 0 Å². The van der Waals surface area contributed by atoms with Crippen molar-refractivity contribution in [3.63, 3.8) is 0 Å². The number of anilines is 1. The Morgan fingerprint density at radius 1 is 1.39 bits per heavy atom. The predicted molar refractivity (Wildman–Crippen MR) is 64.8 cm³/mol. The molecule has 6 nitrogen and oxygen atoms in total. The minimum atomic E-state index is -1.02. The Balaban J connectivity index is 2.53. The molecule has 0 radical (unpaired) electrons. The molecule has 0 aliphatic carbocycles. The van der Waals surface area contributed by atoms with Gasteiger partial charge in [-0.2, -0.15) is 0 Å². The van der Waals surface area contributed by atoms with Gasteiger partial charge in [0.25, 0.3) is 0 Å². The monoisotopic (exact) mass is 245 g/mol. The van der Waals surface area contributed by atoms with Gasteiger partial charge in [0, 0.05) is 19.3 Å². The molecule has 0 bridgehead atoms. The van der Waals surface area contributed by atoms with Crippen LogP contribution in [0.2, 0.25) is 0 Å². The lowest BCUT2D eigenvalue weighted by atomic mass is 10.1. The van der Waals surface area contributed by atoms with Crippen LogP contribution in [0.25, 0.3) is 5.69 Å². The standard InChI is InChI=1S/C12H11N3O3/c1-8(16)14-10-3-2-9(12(17)18)6-11(10)15-5-4-13-7-15/h2-7H,1H3,(H,14,16)(H,17,18). The Labute approximate surface area is 103 Å². The number of hydrogen-bond donors (Lipinski definition) is 2. The zero-order chi connectivity index (χ0) is 13.1. The first kappa shape index (κ1) is 11.8. The molecule has 1 aromatic carbocycles. The third-order valence-corrected chi connectivity index (χ3v) is 2.34. The summed E-state index contributed by atoms with van der Waals surface area (Å²) in [5.74, 6) is -1.25. The highest BCUT2D eigenvalue weighted by Crippen LogP contribution is 2.22. The Hall–Kier alpha value is -2.63. The maximum Gasteiger partial charge on any atom is 0.335 e. The number of benzene rings is 1. The molecule has 0 spiro atoms. The van der Waals surface area contributed by atoms with E-state index in [9.17, 15) is 9.59 Å². The molecular weight excluding hydrogens is 234 g/mol. The van der Waals surface area contributed by atoms with Gasteiger partial charge in [0.05, 0.1) is 23.3 Å². The minimum absolute atomic E-state index is 0.146. The van der Waals surface area contributed by atoms with Crippen LogP contribution in [0.5, 0.6) is 0 Å². The molecular formula is C12H11N3O3. The fourth-order valence-corrected chi connectivity index (χ4v) is 1.58. The van der Waals surface area contributed by atoms with E-state index in [1.165, 1.54) is 25.4 Å². The van der Waals surface area contributed by atoms with Crippen LogP contribution in [0.4, 0.5) is 5.69 Å². The van der Waals surface area contributed by atoms with Gasteiger partial charge in [-0.15, -0.1) is 0 Å². The van der Waals surface area contributed by atoms with Gasteiger partial charge in [0.1, 0.15) is 0 Å². The predicted octanol–water partition coefficient (Wildman–Crippen LogP) is 1.53. The lowest BCUT2D eigenvalue weighted by molar-refractivity contribution is -0.114. The highest BCUT2D eigenvalue weighted by atomic mass is 16.4. The molecule has 2 aromatic rings. The van der Waals surface area contributed by atoms with Crippen molar-refractivity contribution in [1.29, 1.82) is 0 Å². The molecule has 0 unspecified atom stereocenters. The van der Waals surface area contributed by atoms with E-state index < -0.39 is 5.97 Å². The lowest BCUT2D eigenvalue weighted by Crippen LogP contribution is -2.10. The van der Waals surface area contributed by atoms with Gasteiger partial charge >= 0.3 is 5.97 Å². The molecule has 0 saturated heterocycles. The van der Waals surface area contributed by atoms with Crippen molar-refractivity contribution in [2.75, 3.05) is 5.32 Å². The zero-order valence-corrected chi connectivity index (χ0v) is 9.62. The molecule has 0 aliphatic rings. The summed E-state index contributed by atoms with van der Waals surface area (Å²) in [5, 5.41) is 11.6. The van der Waals surface area contributed by atoms with E-state index in [0.717, 1.165) is 0 Å². The topological polar surface area (TPSA) is 84.2 Å². The lowest BCUT2D eigenvalue weighted by Gasteiger charge is -2.11. The number of imidazole rings is 1. The minimum Gasteiger partial charge on any atom is -0.478 e. The van der Waals surface area contributed by atoms with Gasteiger partial charge in [-0.3, -0.25) is 4.79 Å². The van der Waals surface area contributed by atoms with Crippen molar-refractivity contribution in [3.05, 3.63) is 42.5 Å². The summed E-state index contributed by atoms with van der Waals surface area (Å²) in [6.07, 6.45) is 4.78. The van der Waals surface area contributed by atoms with Crippen LogP contribution in [0.1, 0.15) is 17.3 Å². The SMILES string of the molecule is CC(=O)Nc1ccc(C(=O)O)cc1-n1ccnc1. The van der Waals surface area contributed by atoms with Gasteiger partial charge in [-0.05, 0) is 18.2 Å². The first-order chi connectivity index (χ1) is 8.58. The number of carbonyl (C=O) groups excluding carboxylic acids is 1. The Kier molecular flexibility index (Phi) is 3.09. The van der Waals surface area contributed by atoms with Crippen LogP contribution in [0, 0.1) is 0 Å². The number of hydrogen-bond acceptors (Lipinski definition) is 3. The average Bonchev–Trinajstić information content (AvgIpc) is 2.81. The highest BCUT2D eigenvalue weighted by Gasteiger charge is 2.10. The van der Waals surface area contributed by atoms with Crippen molar-refractivity contribution >= 4 is 17.6 Å². The van der Waals surface area contributed by atoms with Crippen molar-refractivity contribution in [1.82, 2.24) is 9.55 Å². The maximum absolute atomic E-state index is 11.1. The average molecular weight is 245 g/mol. The Morgan fingerprint density at radius 3 is 2.72 bits per heavy atom. The van der Waals surface area contributed by atoms with Crippen molar-refractivity contribution in [2.24, 2.45) is 0 Å². The number of carbonyl (C=O) groups is 2. The summed E-state index contributed by atoms with van der Waals surface area (Å²) >= 11 is 0. The quantitative estimate of drug-likeness (QED) is 0.858. The first-order valence-corrected chi connectivity index (χ1v) is 5.21. The van der Waals surface area contributed by atoms with Gasteiger partial charge in [-0.1, -0.05) is 0 Å². The smallest absolute Gasteiger partial charge is 0.335 e. The van der Waals surface area contributed by atoms with Crippen LogP contribution in [-0.4, -0.2) is 26.5 Å². The maximum atomic E-state index is 11.1. The Morgan fingerprint density at radius 2 is 2.17 bits per heavy atom. The third-order valence-electron chi connectivity index (χ3n) is 2.34. The number of nitrogens with one attached hydrogen (secondary N) is 1. The molecule has 0 fully saturated rings. The van der Waals surface area contributed by atoms with Gasteiger partial charge in [-0.25, -0.2) is 9.78 Å². The molecule has 0 atom stereocenters. The van der Waals surface area contributed by atoms with Crippen LogP contribution in [0.3, 0.4) is 0 Å². The number of amides is 1. The summed E-state index contributed by atoms with van der Waals surface area (Å²) in [4.78, 5) is 25.9. The van der Waals surface area contributed by atoms with Crippen LogP contribution in [0.15, 0.2) is 36.9 Å². The number of aromatic nitrogens is 2. The number of carboxylic acid groups (broad SMARTS) is 1. The first-order valence-electron chi connectivity index (χ1n) is 5.21. The number of nitrogens with zero attached hydrogens (tertiary/aromatic N) is 2. The van der Waals surface area contributed by atoms with E-state index >= 15 is 0 Å². The van der Waals surface area contributed by atoms with Crippen molar-refractivity contribution < 1.29 is 14.7 Å². The van der Waals surface area contributed by atoms with E-state index in [1.54, 1.807) is 23.0 Å². The third kappa shape index (κ3) is 2.37. The summed E-state index contributed by atoms with van der Waals surface area (Å²) in [7, 11) is 0. The van der Waals surface area contributed by atoms with E-state index in [2.05, 4.69) is 10.3 Å². The van der Waals surface area contributed by atoms with Crippen LogP contribution >= 0.6 is 0 Å². The fraction of sp³-hybridized carbons (Fsp3) is 0.0833. The van der Waals surface area contributed by atoms with Gasteiger partial charge < -0.3 is 15.0 Å². The summed E-state index contributed by atoms with van der Waals surface area (Å²) < 4.78 is 1.64. The summed E-state index contributed by atoms with van der Waals surface area (Å²) in [6.45, 7) is 1.39. The molecule has 0 saturated carbocycles. The van der Waals surface area contributed by atoms with Crippen LogP contribution < -0.4 is 5.32 Å². The fourth-order valence-electron chi connectivity index (χ4n) is 1.58. The summed E-state index contributed by atoms with van der Waals surface area (Å²) in [5.41, 5.74) is 1.24. The number of rotatable bonds is 3. The van der Waals surface area contributed by atoms with E-state index in [-0.39, 0.29) is 11.5 Å². The van der Waals surface area contributed by atoms with E-state index in [0.29, 0.717) is 11.4 Å². The molecule has 18 heavy (non-hydrogen) atoms. The second kappa shape index (κ2) is 4.70. The number of aromatic carboxylic acids is 1. The molecule has 2 N–H and O–H groups in total. The second-order valence-electron chi connectivity index (χ2n) is 3.69. The number of carboxylic acids is 1. The van der Waals surface area contributed by atoms with Crippen molar-refractivity contribution in [2.45, 2.75) is 6.92 Å².